The Morgan fingerprint density at radius 3 is 2.51 bits per heavy atom. The second-order valence-corrected chi connectivity index (χ2v) is 9.74. The number of imide groups is 1. The highest BCUT2D eigenvalue weighted by Gasteiger charge is 2.38. The lowest BCUT2D eigenvalue weighted by molar-refractivity contribution is -0.139. The molecule has 1 saturated heterocycles. The van der Waals surface area contributed by atoms with Gasteiger partial charge in [-0.25, -0.2) is 4.90 Å². The van der Waals surface area contributed by atoms with Crippen molar-refractivity contribution in [1.29, 1.82) is 0 Å². The van der Waals surface area contributed by atoms with Gasteiger partial charge in [-0.2, -0.15) is 0 Å². The maximum Gasteiger partial charge on any atom is 0.316 e. The Kier molecular flexibility index (Phi) is 5.94. The fraction of sp³-hybridized carbons (Fsp3) is 0.154. The number of halogens is 2. The molecule has 2 aliphatic rings. The van der Waals surface area contributed by atoms with E-state index in [4.69, 9.17) is 16.3 Å². The van der Waals surface area contributed by atoms with Gasteiger partial charge in [-0.1, -0.05) is 33.6 Å². The number of hydrogen-bond acceptors (Lipinski definition) is 5. The Balaban J connectivity index is 1.31. The van der Waals surface area contributed by atoms with Gasteiger partial charge in [0.2, 0.25) is 5.91 Å². The number of esters is 1. The van der Waals surface area contributed by atoms with Crippen LogP contribution in [0.5, 0.6) is 5.75 Å². The summed E-state index contributed by atoms with van der Waals surface area (Å²) in [5, 5.41) is 0.502. The third-order valence-electron chi connectivity index (χ3n) is 6.05. The van der Waals surface area contributed by atoms with Crippen molar-refractivity contribution in [3.63, 3.8) is 0 Å². The number of hydrogen-bond donors (Lipinski definition) is 0. The highest BCUT2D eigenvalue weighted by molar-refractivity contribution is 9.10. The van der Waals surface area contributed by atoms with E-state index in [2.05, 4.69) is 15.9 Å². The number of rotatable bonds is 4. The Hall–Kier alpha value is -3.49. The average molecular weight is 554 g/mol. The molecule has 2 aliphatic heterocycles. The molecule has 176 valence electrons. The first-order chi connectivity index (χ1) is 16.7. The molecule has 9 heteroatoms. The van der Waals surface area contributed by atoms with Gasteiger partial charge in [0.1, 0.15) is 5.75 Å². The molecule has 0 bridgehead atoms. The molecule has 0 radical (unpaired) electrons. The summed E-state index contributed by atoms with van der Waals surface area (Å²) in [7, 11) is 0. The van der Waals surface area contributed by atoms with E-state index in [1.807, 2.05) is 0 Å². The topological polar surface area (TPSA) is 84.0 Å². The highest BCUT2D eigenvalue weighted by atomic mass is 79.9. The zero-order valence-electron chi connectivity index (χ0n) is 18.5. The highest BCUT2D eigenvalue weighted by Crippen LogP contribution is 2.34. The Morgan fingerprint density at radius 2 is 1.77 bits per heavy atom. The Morgan fingerprint density at radius 1 is 1.00 bits per heavy atom. The number of nitrogens with zero attached hydrogens (tertiary/aromatic N) is 2. The first kappa shape index (κ1) is 23.3. The molecule has 0 aromatic heterocycles. The van der Waals surface area contributed by atoms with Gasteiger partial charge >= 0.3 is 5.97 Å². The molecule has 0 N–H and O–H groups in total. The molecule has 7 nitrogen and oxygen atoms in total. The molecular weight excluding hydrogens is 536 g/mol. The number of fused-ring (bicyclic) bond motifs is 1. The van der Waals surface area contributed by atoms with Gasteiger partial charge in [0.15, 0.2) is 0 Å². The lowest BCUT2D eigenvalue weighted by atomic mass is 10.1. The van der Waals surface area contributed by atoms with E-state index < -0.39 is 23.7 Å². The van der Waals surface area contributed by atoms with Crippen LogP contribution < -0.4 is 14.5 Å². The minimum atomic E-state index is -0.629. The van der Waals surface area contributed by atoms with Crippen LogP contribution in [0.15, 0.2) is 65.1 Å². The van der Waals surface area contributed by atoms with Crippen LogP contribution in [0.25, 0.3) is 0 Å². The molecule has 2 heterocycles. The van der Waals surface area contributed by atoms with E-state index >= 15 is 0 Å². The monoisotopic (exact) mass is 552 g/mol. The summed E-state index contributed by atoms with van der Waals surface area (Å²) in [5.74, 6) is -1.89. The lowest BCUT2D eigenvalue weighted by Crippen LogP contribution is -2.30. The van der Waals surface area contributed by atoms with Gasteiger partial charge in [-0.15, -0.1) is 0 Å². The van der Waals surface area contributed by atoms with E-state index in [9.17, 15) is 19.2 Å². The lowest BCUT2D eigenvalue weighted by Gasteiger charge is -2.18. The quantitative estimate of drug-likeness (QED) is 0.253. The van der Waals surface area contributed by atoms with Crippen molar-refractivity contribution in [3.05, 3.63) is 86.8 Å². The molecule has 3 aromatic rings. The van der Waals surface area contributed by atoms with Crippen LogP contribution in [0.1, 0.15) is 32.7 Å². The number of carbonyl (C=O) groups excluding carboxylic acids is 4. The first-order valence-electron chi connectivity index (χ1n) is 10.8. The van der Waals surface area contributed by atoms with Crippen molar-refractivity contribution in [2.24, 2.45) is 5.92 Å². The van der Waals surface area contributed by atoms with Crippen LogP contribution in [-0.2, 0) is 9.59 Å². The SMILES string of the molecule is Cc1cc(OC(=O)[C@H]2CC(=O)N(c3cccc(Cl)c3)C2)ccc1N1C(=O)c2ccc(Br)cc2C1=O. The maximum atomic E-state index is 12.9. The summed E-state index contributed by atoms with van der Waals surface area (Å²) in [5.41, 5.74) is 2.30. The van der Waals surface area contributed by atoms with Gasteiger partial charge in [0, 0.05) is 28.1 Å². The normalized spacial score (nSPS) is 17.2. The van der Waals surface area contributed by atoms with Crippen molar-refractivity contribution in [3.8, 4) is 5.75 Å². The maximum absolute atomic E-state index is 12.9. The second kappa shape index (κ2) is 8.94. The molecule has 0 unspecified atom stereocenters. The fourth-order valence-electron chi connectivity index (χ4n) is 4.33. The van der Waals surface area contributed by atoms with Gasteiger partial charge in [0.05, 0.1) is 22.7 Å². The number of ether oxygens (including phenoxy) is 1. The third kappa shape index (κ3) is 4.24. The van der Waals surface area contributed by atoms with Crippen LogP contribution in [-0.4, -0.2) is 30.2 Å². The summed E-state index contributed by atoms with van der Waals surface area (Å²) in [6.45, 7) is 1.92. The van der Waals surface area contributed by atoms with Crippen LogP contribution >= 0.6 is 27.5 Å². The molecule has 0 aliphatic carbocycles. The van der Waals surface area contributed by atoms with E-state index in [-0.39, 0.29) is 24.6 Å². The summed E-state index contributed by atoms with van der Waals surface area (Å²) in [4.78, 5) is 53.7. The molecule has 3 aromatic carbocycles. The molecule has 3 amide bonds. The van der Waals surface area contributed by atoms with Gasteiger partial charge in [0.25, 0.3) is 11.8 Å². The van der Waals surface area contributed by atoms with Crippen LogP contribution in [0.3, 0.4) is 0 Å². The fourth-order valence-corrected chi connectivity index (χ4v) is 4.88. The van der Waals surface area contributed by atoms with Crippen molar-refractivity contribution in [1.82, 2.24) is 0 Å². The van der Waals surface area contributed by atoms with Gasteiger partial charge < -0.3 is 9.64 Å². The predicted octanol–water partition coefficient (Wildman–Crippen LogP) is 5.17. The van der Waals surface area contributed by atoms with Crippen molar-refractivity contribution in [2.75, 3.05) is 16.3 Å². The molecule has 5 rings (SSSR count). The molecule has 0 saturated carbocycles. The van der Waals surface area contributed by atoms with Crippen LogP contribution in [0, 0.1) is 12.8 Å². The summed E-state index contributed by atoms with van der Waals surface area (Å²) in [6, 6.07) is 16.5. The molecule has 1 atom stereocenters. The first-order valence-corrected chi connectivity index (χ1v) is 12.0. The number of aryl methyl sites for hydroxylation is 1. The molecule has 0 spiro atoms. The average Bonchev–Trinajstić information content (AvgIpc) is 3.32. The summed E-state index contributed by atoms with van der Waals surface area (Å²) < 4.78 is 6.25. The zero-order valence-corrected chi connectivity index (χ0v) is 20.8. The van der Waals surface area contributed by atoms with E-state index in [0.717, 1.165) is 4.90 Å². The molecule has 1 fully saturated rings. The van der Waals surface area contributed by atoms with Gasteiger partial charge in [-0.05, 0) is 67.1 Å². The van der Waals surface area contributed by atoms with E-state index in [1.54, 1.807) is 61.5 Å². The number of benzene rings is 3. The van der Waals surface area contributed by atoms with Crippen LogP contribution in [0.4, 0.5) is 11.4 Å². The van der Waals surface area contributed by atoms with Crippen molar-refractivity contribution < 1.29 is 23.9 Å². The molecular formula is C26H18BrClN2O5. The minimum absolute atomic E-state index is 0.0347. The number of amides is 3. The number of carbonyl (C=O) groups is 4. The zero-order chi connectivity index (χ0) is 24.9. The predicted molar refractivity (Wildman–Crippen MR) is 134 cm³/mol. The van der Waals surface area contributed by atoms with Crippen molar-refractivity contribution in [2.45, 2.75) is 13.3 Å². The van der Waals surface area contributed by atoms with Crippen LogP contribution in [0.2, 0.25) is 5.02 Å². The standard InChI is InChI=1S/C26H18BrClN2O5/c1-14-9-19(6-8-22(14)30-24(32)20-7-5-16(27)11-21(20)25(30)33)35-26(34)15-10-23(31)29(13-15)18-4-2-3-17(28)12-18/h2-9,11-12,15H,10,13H2,1H3/t15-/m0/s1. The smallest absolute Gasteiger partial charge is 0.316 e. The van der Waals surface area contributed by atoms with Gasteiger partial charge in [-0.3, -0.25) is 19.2 Å². The summed E-state index contributed by atoms with van der Waals surface area (Å²) >= 11 is 9.35. The van der Waals surface area contributed by atoms with Crippen molar-refractivity contribution >= 4 is 62.6 Å². The van der Waals surface area contributed by atoms with E-state index in [1.165, 1.54) is 11.0 Å². The largest absolute Gasteiger partial charge is 0.426 e. The van der Waals surface area contributed by atoms with E-state index in [0.29, 0.717) is 37.6 Å². The Labute approximate surface area is 214 Å². The third-order valence-corrected chi connectivity index (χ3v) is 6.78. The Bertz CT molecular complexity index is 1420. The summed E-state index contributed by atoms with van der Waals surface area (Å²) in [6.07, 6.45) is 0.0347. The molecule has 35 heavy (non-hydrogen) atoms. The number of anilines is 2. The minimum Gasteiger partial charge on any atom is -0.426 e. The second-order valence-electron chi connectivity index (χ2n) is 8.39.